The summed E-state index contributed by atoms with van der Waals surface area (Å²) in [6, 6.07) is 25.3. The SMILES string of the molecule is Cc1c(C)c2c(OCc3ccccc3)cccc2c2ccccc12. The van der Waals surface area contributed by atoms with Gasteiger partial charge < -0.3 is 4.74 Å². The highest BCUT2D eigenvalue weighted by molar-refractivity contribution is 6.12. The number of fused-ring (bicyclic) bond motifs is 3. The maximum absolute atomic E-state index is 6.19. The Morgan fingerprint density at radius 2 is 1.29 bits per heavy atom. The van der Waals surface area contributed by atoms with E-state index in [0.29, 0.717) is 6.61 Å². The molecule has 0 atom stereocenters. The smallest absolute Gasteiger partial charge is 0.127 e. The van der Waals surface area contributed by atoms with Gasteiger partial charge in [0, 0.05) is 5.39 Å². The van der Waals surface area contributed by atoms with Gasteiger partial charge in [0.15, 0.2) is 0 Å². The van der Waals surface area contributed by atoms with Crippen LogP contribution >= 0.6 is 0 Å². The minimum absolute atomic E-state index is 0.589. The topological polar surface area (TPSA) is 9.23 Å². The predicted molar refractivity (Wildman–Crippen MR) is 102 cm³/mol. The second-order valence-corrected chi connectivity index (χ2v) is 6.25. The highest BCUT2D eigenvalue weighted by Crippen LogP contribution is 2.37. The number of hydrogen-bond acceptors (Lipinski definition) is 1. The normalized spacial score (nSPS) is 11.1. The number of benzene rings is 4. The van der Waals surface area contributed by atoms with Crippen LogP contribution in [0.3, 0.4) is 0 Å². The lowest BCUT2D eigenvalue weighted by atomic mass is 9.93. The molecule has 0 saturated carbocycles. The van der Waals surface area contributed by atoms with Crippen LogP contribution in [-0.4, -0.2) is 0 Å². The highest BCUT2D eigenvalue weighted by atomic mass is 16.5. The van der Waals surface area contributed by atoms with E-state index < -0.39 is 0 Å². The molecule has 4 rings (SSSR count). The van der Waals surface area contributed by atoms with Crippen molar-refractivity contribution in [1.82, 2.24) is 0 Å². The molecule has 0 spiro atoms. The molecule has 1 heteroatoms. The Labute approximate surface area is 142 Å². The molecule has 4 aromatic carbocycles. The van der Waals surface area contributed by atoms with Gasteiger partial charge in [-0.2, -0.15) is 0 Å². The molecule has 0 amide bonds. The summed E-state index contributed by atoms with van der Waals surface area (Å²) in [7, 11) is 0. The zero-order chi connectivity index (χ0) is 16.5. The summed E-state index contributed by atoms with van der Waals surface area (Å²) in [5.74, 6) is 0.961. The monoisotopic (exact) mass is 312 g/mol. The van der Waals surface area contributed by atoms with Crippen molar-refractivity contribution < 1.29 is 4.74 Å². The molecule has 0 unspecified atom stereocenters. The van der Waals surface area contributed by atoms with Crippen LogP contribution in [0.15, 0.2) is 72.8 Å². The fourth-order valence-electron chi connectivity index (χ4n) is 3.43. The van der Waals surface area contributed by atoms with Gasteiger partial charge in [-0.25, -0.2) is 0 Å². The molecule has 0 aromatic heterocycles. The van der Waals surface area contributed by atoms with E-state index in [0.717, 1.165) is 5.75 Å². The summed E-state index contributed by atoms with van der Waals surface area (Å²) in [5.41, 5.74) is 3.81. The number of aryl methyl sites for hydroxylation is 2. The standard InChI is InChI=1S/C23H20O/c1-16-17(2)23-21(20-12-7-6-11-19(16)20)13-8-14-22(23)24-15-18-9-4-3-5-10-18/h3-14H,15H2,1-2H3. The lowest BCUT2D eigenvalue weighted by Crippen LogP contribution is -1.97. The van der Waals surface area contributed by atoms with Gasteiger partial charge in [0.05, 0.1) is 0 Å². The third-order valence-electron chi connectivity index (χ3n) is 4.82. The number of rotatable bonds is 3. The first-order valence-electron chi connectivity index (χ1n) is 8.33. The average Bonchev–Trinajstić information content (AvgIpc) is 2.65. The van der Waals surface area contributed by atoms with Gasteiger partial charge in [-0.15, -0.1) is 0 Å². The van der Waals surface area contributed by atoms with Crippen molar-refractivity contribution in [1.29, 1.82) is 0 Å². The van der Waals surface area contributed by atoms with Crippen molar-refractivity contribution >= 4 is 21.5 Å². The van der Waals surface area contributed by atoms with Crippen molar-refractivity contribution in [3.05, 3.63) is 89.5 Å². The van der Waals surface area contributed by atoms with Crippen molar-refractivity contribution in [2.75, 3.05) is 0 Å². The molecule has 0 N–H and O–H groups in total. The summed E-state index contributed by atoms with van der Waals surface area (Å²) < 4.78 is 6.19. The molecule has 118 valence electrons. The summed E-state index contributed by atoms with van der Waals surface area (Å²) >= 11 is 0. The van der Waals surface area contributed by atoms with Crippen LogP contribution in [0.5, 0.6) is 5.75 Å². The molecule has 0 fully saturated rings. The molecule has 24 heavy (non-hydrogen) atoms. The summed E-state index contributed by atoms with van der Waals surface area (Å²) in [6.07, 6.45) is 0. The fraction of sp³-hybridized carbons (Fsp3) is 0.130. The van der Waals surface area contributed by atoms with Crippen LogP contribution in [0.2, 0.25) is 0 Å². The van der Waals surface area contributed by atoms with E-state index in [1.54, 1.807) is 0 Å². The molecular formula is C23H20O. The first-order chi connectivity index (χ1) is 11.8. The van der Waals surface area contributed by atoms with Crippen LogP contribution in [0.25, 0.3) is 21.5 Å². The van der Waals surface area contributed by atoms with E-state index in [4.69, 9.17) is 4.74 Å². The largest absolute Gasteiger partial charge is 0.488 e. The Balaban J connectivity index is 1.88. The highest BCUT2D eigenvalue weighted by Gasteiger charge is 2.12. The maximum atomic E-state index is 6.19. The quantitative estimate of drug-likeness (QED) is 0.410. The zero-order valence-electron chi connectivity index (χ0n) is 14.0. The first-order valence-corrected chi connectivity index (χ1v) is 8.33. The lowest BCUT2D eigenvalue weighted by Gasteiger charge is -2.16. The van der Waals surface area contributed by atoms with Crippen molar-refractivity contribution in [3.8, 4) is 5.75 Å². The Hall–Kier alpha value is -2.80. The van der Waals surface area contributed by atoms with E-state index in [-0.39, 0.29) is 0 Å². The van der Waals surface area contributed by atoms with Crippen LogP contribution in [0.1, 0.15) is 16.7 Å². The van der Waals surface area contributed by atoms with E-state index in [1.807, 2.05) is 18.2 Å². The summed E-state index contributed by atoms with van der Waals surface area (Å²) in [5, 5.41) is 5.10. The maximum Gasteiger partial charge on any atom is 0.127 e. The molecule has 0 aliphatic heterocycles. The van der Waals surface area contributed by atoms with Gasteiger partial charge in [0.2, 0.25) is 0 Å². The Morgan fingerprint density at radius 3 is 2.08 bits per heavy atom. The third kappa shape index (κ3) is 2.43. The van der Waals surface area contributed by atoms with Crippen molar-refractivity contribution in [2.45, 2.75) is 20.5 Å². The average molecular weight is 312 g/mol. The van der Waals surface area contributed by atoms with E-state index >= 15 is 0 Å². The van der Waals surface area contributed by atoms with Crippen molar-refractivity contribution in [3.63, 3.8) is 0 Å². The molecule has 0 saturated heterocycles. The van der Waals surface area contributed by atoms with Crippen molar-refractivity contribution in [2.24, 2.45) is 0 Å². The Kier molecular flexibility index (Phi) is 3.70. The first kappa shape index (κ1) is 14.8. The summed E-state index contributed by atoms with van der Waals surface area (Å²) in [6.45, 7) is 4.98. The molecule has 0 aliphatic carbocycles. The second kappa shape index (κ2) is 6.01. The van der Waals surface area contributed by atoms with Gasteiger partial charge in [0.1, 0.15) is 12.4 Å². The van der Waals surface area contributed by atoms with Gasteiger partial charge in [-0.3, -0.25) is 0 Å². The minimum atomic E-state index is 0.589. The molecule has 0 heterocycles. The molecule has 0 radical (unpaired) electrons. The Morgan fingerprint density at radius 1 is 0.625 bits per heavy atom. The van der Waals surface area contributed by atoms with E-state index in [9.17, 15) is 0 Å². The van der Waals surface area contributed by atoms with Gasteiger partial charge in [-0.1, -0.05) is 66.7 Å². The molecule has 4 aromatic rings. The second-order valence-electron chi connectivity index (χ2n) is 6.25. The molecule has 1 nitrogen and oxygen atoms in total. The third-order valence-corrected chi connectivity index (χ3v) is 4.82. The molecule has 0 bridgehead atoms. The number of ether oxygens (including phenoxy) is 1. The van der Waals surface area contributed by atoms with Gasteiger partial charge in [0.25, 0.3) is 0 Å². The fourth-order valence-corrected chi connectivity index (χ4v) is 3.43. The van der Waals surface area contributed by atoms with Gasteiger partial charge >= 0.3 is 0 Å². The van der Waals surface area contributed by atoms with Gasteiger partial charge in [-0.05, 0) is 52.8 Å². The van der Waals surface area contributed by atoms with Crippen LogP contribution in [0.4, 0.5) is 0 Å². The summed E-state index contributed by atoms with van der Waals surface area (Å²) in [4.78, 5) is 0. The van der Waals surface area contributed by atoms with E-state index in [2.05, 4.69) is 68.4 Å². The van der Waals surface area contributed by atoms with E-state index in [1.165, 1.54) is 38.2 Å². The predicted octanol–water partition coefficient (Wildman–Crippen LogP) is 6.19. The Bertz CT molecular complexity index is 1020. The minimum Gasteiger partial charge on any atom is -0.488 e. The molecule has 0 aliphatic rings. The van der Waals surface area contributed by atoms with Crippen LogP contribution in [-0.2, 0) is 6.61 Å². The van der Waals surface area contributed by atoms with Crippen LogP contribution < -0.4 is 4.74 Å². The van der Waals surface area contributed by atoms with Crippen LogP contribution in [0, 0.1) is 13.8 Å². The zero-order valence-corrected chi connectivity index (χ0v) is 14.0. The lowest BCUT2D eigenvalue weighted by molar-refractivity contribution is 0.310. The molecular weight excluding hydrogens is 292 g/mol. The number of hydrogen-bond donors (Lipinski definition) is 0.